The normalized spacial score (nSPS) is 24.5. The van der Waals surface area contributed by atoms with Crippen LogP contribution in [0.15, 0.2) is 12.1 Å². The summed E-state index contributed by atoms with van der Waals surface area (Å²) in [7, 11) is 3.25. The molecule has 2 saturated heterocycles. The van der Waals surface area contributed by atoms with E-state index in [1.165, 1.54) is 21.6 Å². The van der Waals surface area contributed by atoms with Gasteiger partial charge in [-0.2, -0.15) is 19.9 Å². The van der Waals surface area contributed by atoms with Gasteiger partial charge >= 0.3 is 18.1 Å². The van der Waals surface area contributed by atoms with Gasteiger partial charge in [-0.05, 0) is 95.1 Å². The van der Waals surface area contributed by atoms with Gasteiger partial charge in [-0.3, -0.25) is 0 Å². The fourth-order valence-corrected chi connectivity index (χ4v) is 10.3. The lowest BCUT2D eigenvalue weighted by Crippen LogP contribution is -2.52. The lowest BCUT2D eigenvalue weighted by molar-refractivity contribution is 0.0367. The first-order chi connectivity index (χ1) is 25.7. The molecule has 0 unspecified atom stereocenters. The minimum atomic E-state index is -0.467. The van der Waals surface area contributed by atoms with Gasteiger partial charge in [0.05, 0.1) is 30.3 Å². The number of ether oxygens (including phenoxy) is 3. The first-order valence-corrected chi connectivity index (χ1v) is 21.5. The number of alkyl carbamates (subject to hydrolysis) is 1. The van der Waals surface area contributed by atoms with E-state index in [1.54, 1.807) is 36.9 Å². The van der Waals surface area contributed by atoms with Gasteiger partial charge in [0.2, 0.25) is 0 Å². The number of amides is 1. The fraction of sp³-hybridized carbons (Fsp3) is 0.658. The number of hydrogen-bond donors (Lipinski definition) is 2. The van der Waals surface area contributed by atoms with E-state index in [0.717, 1.165) is 97.8 Å². The third-order valence-corrected chi connectivity index (χ3v) is 13.2. The monoisotopic (exact) mass is 820 g/mol. The van der Waals surface area contributed by atoms with Crippen molar-refractivity contribution in [3.63, 3.8) is 0 Å². The van der Waals surface area contributed by atoms with E-state index in [-0.39, 0.29) is 22.9 Å². The zero-order valence-corrected chi connectivity index (χ0v) is 35.6. The molecule has 8 rings (SSSR count). The molecule has 54 heavy (non-hydrogen) atoms. The fourth-order valence-electron chi connectivity index (χ4n) is 8.40. The van der Waals surface area contributed by atoms with Crippen LogP contribution in [0, 0.1) is 10.8 Å². The molecule has 2 saturated carbocycles. The number of nitrogens with one attached hydrogen (secondary N) is 1. The van der Waals surface area contributed by atoms with Crippen LogP contribution < -0.4 is 30.3 Å². The van der Waals surface area contributed by atoms with Crippen molar-refractivity contribution in [2.75, 3.05) is 55.5 Å². The molecule has 4 aromatic rings. The standard InChI is InChI=1S/C21H30N4O3S.C16H22N4OS.CH2Cl2/c1-6-14-9-15-16(23-18(27-5)24-17(15)29-14)25-8-7-21(12-25)10-13(11-21)22-19(26)28-20(2,3)4;1-3-11-6-12-13(18-15(21-2)19-14(12)22-11)20-5-4-16(9-20)7-10(17)8-16;2-1-3/h9,13H,6-8,10-12H2,1-5H3,(H,22,26);6,10H,3-5,7-9,17H2,1-2H3;1H2. The number of aromatic nitrogens is 4. The summed E-state index contributed by atoms with van der Waals surface area (Å²) in [5.74, 6) is 2.01. The molecule has 3 N–H and O–H groups in total. The molecule has 4 aromatic heterocycles. The number of carbonyl (C=O) groups is 1. The molecule has 296 valence electrons. The largest absolute Gasteiger partial charge is 0.467 e. The molecule has 16 heteroatoms. The molecule has 2 spiro atoms. The van der Waals surface area contributed by atoms with Crippen LogP contribution in [0.2, 0.25) is 0 Å². The average Bonchev–Trinajstić information content (AvgIpc) is 3.91. The second kappa shape index (κ2) is 16.7. The summed E-state index contributed by atoms with van der Waals surface area (Å²) in [4.78, 5) is 39.9. The number of halogens is 2. The third kappa shape index (κ3) is 9.04. The van der Waals surface area contributed by atoms with E-state index >= 15 is 0 Å². The molecule has 2 aliphatic carbocycles. The van der Waals surface area contributed by atoms with Crippen molar-refractivity contribution >= 4 is 84.0 Å². The first-order valence-electron chi connectivity index (χ1n) is 18.8. The first kappa shape index (κ1) is 40.7. The smallest absolute Gasteiger partial charge is 0.407 e. The van der Waals surface area contributed by atoms with Gasteiger partial charge in [0.1, 0.15) is 26.9 Å². The Labute approximate surface area is 336 Å². The maximum absolute atomic E-state index is 12.0. The molecular weight excluding hydrogens is 768 g/mol. The summed E-state index contributed by atoms with van der Waals surface area (Å²) in [6.07, 6.45) is 8.30. The summed E-state index contributed by atoms with van der Waals surface area (Å²) in [6, 6.07) is 5.94. The van der Waals surface area contributed by atoms with Crippen LogP contribution in [0.5, 0.6) is 12.0 Å². The van der Waals surface area contributed by atoms with Gasteiger partial charge in [-0.25, -0.2) is 4.79 Å². The molecule has 0 aromatic carbocycles. The summed E-state index contributed by atoms with van der Waals surface area (Å²) in [6.45, 7) is 14.0. The van der Waals surface area contributed by atoms with Crippen LogP contribution in [-0.2, 0) is 17.6 Å². The maximum Gasteiger partial charge on any atom is 0.407 e. The Balaban J connectivity index is 0.000000177. The number of carbonyl (C=O) groups excluding carboxylic acids is 1. The number of rotatable bonds is 7. The zero-order chi connectivity index (χ0) is 38.8. The summed E-state index contributed by atoms with van der Waals surface area (Å²) in [5.41, 5.74) is 6.21. The number of hydrogen-bond acceptors (Lipinski definition) is 13. The van der Waals surface area contributed by atoms with Crippen molar-refractivity contribution in [1.29, 1.82) is 0 Å². The van der Waals surface area contributed by atoms with E-state index in [0.29, 0.717) is 23.5 Å². The number of nitrogens with two attached hydrogens (primary N) is 1. The van der Waals surface area contributed by atoms with Gasteiger partial charge < -0.3 is 35.1 Å². The Bertz CT molecular complexity index is 1920. The van der Waals surface area contributed by atoms with E-state index in [4.69, 9.17) is 48.1 Å². The molecule has 0 atom stereocenters. The third-order valence-electron chi connectivity index (χ3n) is 10.8. The van der Waals surface area contributed by atoms with Crippen LogP contribution in [-0.4, -0.2) is 89.5 Å². The molecule has 4 fully saturated rings. The van der Waals surface area contributed by atoms with Crippen molar-refractivity contribution in [3.05, 3.63) is 21.9 Å². The van der Waals surface area contributed by atoms with E-state index < -0.39 is 5.60 Å². The average molecular weight is 822 g/mol. The summed E-state index contributed by atoms with van der Waals surface area (Å²) < 4.78 is 16.0. The Morgan fingerprint density at radius 2 is 1.30 bits per heavy atom. The van der Waals surface area contributed by atoms with Crippen molar-refractivity contribution < 1.29 is 19.0 Å². The van der Waals surface area contributed by atoms with Crippen molar-refractivity contribution in [1.82, 2.24) is 25.3 Å². The summed E-state index contributed by atoms with van der Waals surface area (Å²) >= 11 is 13.0. The molecule has 0 radical (unpaired) electrons. The molecule has 2 aliphatic heterocycles. The number of alkyl halides is 2. The zero-order valence-electron chi connectivity index (χ0n) is 32.5. The highest BCUT2D eigenvalue weighted by molar-refractivity contribution is 7.19. The minimum absolute atomic E-state index is 0.192. The second-order valence-electron chi connectivity index (χ2n) is 16.0. The number of anilines is 2. The molecule has 1 amide bonds. The van der Waals surface area contributed by atoms with Crippen molar-refractivity contribution in [2.24, 2.45) is 16.6 Å². The van der Waals surface area contributed by atoms with Crippen molar-refractivity contribution in [2.45, 2.75) is 104 Å². The van der Waals surface area contributed by atoms with Gasteiger partial charge in [0.15, 0.2) is 0 Å². The SMILES string of the molecule is CCc1cc2c(N3CCC4(CC(N)C4)C3)nc(OC)nc2s1.CCc1cc2c(N3CCC4(CC(NC(=O)OC(C)(C)C)C4)C3)nc(OC)nc2s1.ClCCl. The van der Waals surface area contributed by atoms with Gasteiger partial charge in [-0.1, -0.05) is 13.8 Å². The maximum atomic E-state index is 12.0. The molecule has 4 aliphatic rings. The van der Waals surface area contributed by atoms with Crippen LogP contribution in [0.4, 0.5) is 16.4 Å². The van der Waals surface area contributed by atoms with Crippen molar-refractivity contribution in [3.8, 4) is 12.0 Å². The summed E-state index contributed by atoms with van der Waals surface area (Å²) in [5, 5.41) is 5.50. The van der Waals surface area contributed by atoms with Crippen LogP contribution in [0.3, 0.4) is 0 Å². The molecular formula is C38H54Cl2N8O4S2. The number of methoxy groups -OCH3 is 2. The highest BCUT2D eigenvalue weighted by Crippen LogP contribution is 2.51. The minimum Gasteiger partial charge on any atom is -0.467 e. The number of nitrogens with zero attached hydrogens (tertiary/aromatic N) is 6. The van der Waals surface area contributed by atoms with Gasteiger partial charge in [0, 0.05) is 48.0 Å². The number of fused-ring (bicyclic) bond motifs is 2. The predicted octanol–water partition coefficient (Wildman–Crippen LogP) is 8.15. The molecule has 12 nitrogen and oxygen atoms in total. The van der Waals surface area contributed by atoms with Gasteiger partial charge in [0.25, 0.3) is 0 Å². The van der Waals surface area contributed by atoms with Crippen LogP contribution in [0.1, 0.15) is 82.9 Å². The quantitative estimate of drug-likeness (QED) is 0.175. The molecule has 6 heterocycles. The number of thiophene rings is 2. The lowest BCUT2D eigenvalue weighted by Gasteiger charge is -2.45. The van der Waals surface area contributed by atoms with E-state index in [1.807, 2.05) is 20.8 Å². The second-order valence-corrected chi connectivity index (χ2v) is 19.0. The van der Waals surface area contributed by atoms with Crippen LogP contribution in [0.25, 0.3) is 20.4 Å². The Morgan fingerprint density at radius 3 is 1.69 bits per heavy atom. The highest BCUT2D eigenvalue weighted by atomic mass is 35.5. The topological polar surface area (TPSA) is 141 Å². The lowest BCUT2D eigenvalue weighted by atomic mass is 9.65. The predicted molar refractivity (Wildman–Crippen MR) is 221 cm³/mol. The van der Waals surface area contributed by atoms with Gasteiger partial charge in [-0.15, -0.1) is 45.9 Å². The number of aryl methyl sites for hydroxylation is 2. The van der Waals surface area contributed by atoms with Crippen LogP contribution >= 0.6 is 45.9 Å². The Kier molecular flexibility index (Phi) is 12.6. The van der Waals surface area contributed by atoms with E-state index in [9.17, 15) is 4.79 Å². The Morgan fingerprint density at radius 1 is 0.852 bits per heavy atom. The molecule has 0 bridgehead atoms. The van der Waals surface area contributed by atoms with E-state index in [2.05, 4.69) is 56.0 Å². The Hall–Kier alpha value is -2.91. The highest BCUT2D eigenvalue weighted by Gasteiger charge is 2.50.